The minimum Gasteiger partial charge on any atom is -0.448 e. The van der Waals surface area contributed by atoms with Gasteiger partial charge in [-0.3, -0.25) is 9.69 Å². The Balaban J connectivity index is 1.73. The molecule has 126 valence electrons. The quantitative estimate of drug-likeness (QED) is 0.745. The summed E-state index contributed by atoms with van der Waals surface area (Å²) in [6.45, 7) is 3.99. The number of carbonyl (C=O) groups is 2. The Hall–Kier alpha value is -2.12. The maximum absolute atomic E-state index is 11.8. The van der Waals surface area contributed by atoms with Crippen LogP contribution in [0.2, 0.25) is 0 Å². The molecule has 0 spiro atoms. The van der Waals surface area contributed by atoms with E-state index in [4.69, 9.17) is 15.2 Å². The Morgan fingerprint density at radius 3 is 2.61 bits per heavy atom. The molecule has 1 aromatic rings. The number of nitrogens with two attached hydrogens (primary N) is 1. The normalized spacial score (nSPS) is 16.5. The number of primary amides is 1. The Morgan fingerprint density at radius 1 is 1.26 bits per heavy atom. The molecule has 0 unspecified atom stereocenters. The molecule has 1 aliphatic rings. The van der Waals surface area contributed by atoms with Gasteiger partial charge >= 0.3 is 6.09 Å². The fraction of sp³-hybridized carbons (Fsp3) is 0.500. The molecule has 1 aliphatic heterocycles. The Kier molecular flexibility index (Phi) is 6.83. The van der Waals surface area contributed by atoms with Gasteiger partial charge in [-0.15, -0.1) is 0 Å². The molecule has 0 aromatic heterocycles. The van der Waals surface area contributed by atoms with Gasteiger partial charge in [0.1, 0.15) is 12.6 Å². The first kappa shape index (κ1) is 17.2. The summed E-state index contributed by atoms with van der Waals surface area (Å²) >= 11 is 0. The first-order valence-corrected chi connectivity index (χ1v) is 7.72. The van der Waals surface area contributed by atoms with Crippen LogP contribution in [-0.2, 0) is 20.7 Å². The maximum atomic E-state index is 11.8. The summed E-state index contributed by atoms with van der Waals surface area (Å²) < 4.78 is 10.4. The molecule has 7 heteroatoms. The predicted octanol–water partition coefficient (Wildman–Crippen LogP) is 0.141. The van der Waals surface area contributed by atoms with Crippen LogP contribution in [-0.4, -0.2) is 62.4 Å². The molecule has 23 heavy (non-hydrogen) atoms. The molecule has 1 aromatic carbocycles. The predicted molar refractivity (Wildman–Crippen MR) is 84.9 cm³/mol. The van der Waals surface area contributed by atoms with Crippen LogP contribution in [0.1, 0.15) is 5.56 Å². The van der Waals surface area contributed by atoms with Crippen LogP contribution >= 0.6 is 0 Å². The van der Waals surface area contributed by atoms with Crippen LogP contribution in [0, 0.1) is 0 Å². The molecule has 1 heterocycles. The van der Waals surface area contributed by atoms with E-state index in [1.807, 2.05) is 30.3 Å². The number of nitrogens with one attached hydrogen (secondary N) is 1. The lowest BCUT2D eigenvalue weighted by molar-refractivity contribution is -0.119. The van der Waals surface area contributed by atoms with Crippen molar-refractivity contribution in [1.82, 2.24) is 10.2 Å². The standard InChI is InChI=1S/C16H23N3O4/c17-15(20)14(12-13-4-2-1-3-5-13)18-16(21)23-11-8-19-6-9-22-10-7-19/h1-5,14H,6-12H2,(H2,17,20)(H,18,21)/t14-/m1/s1. The van der Waals surface area contributed by atoms with E-state index in [2.05, 4.69) is 10.2 Å². The van der Waals surface area contributed by atoms with Crippen LogP contribution in [0.25, 0.3) is 0 Å². The average Bonchev–Trinajstić information content (AvgIpc) is 2.56. The summed E-state index contributed by atoms with van der Waals surface area (Å²) in [7, 11) is 0. The van der Waals surface area contributed by atoms with Gasteiger partial charge in [-0.05, 0) is 5.56 Å². The second kappa shape index (κ2) is 9.12. The van der Waals surface area contributed by atoms with Gasteiger partial charge in [0, 0.05) is 26.1 Å². The molecule has 1 saturated heterocycles. The molecule has 1 fully saturated rings. The van der Waals surface area contributed by atoms with Gasteiger partial charge in [0.25, 0.3) is 0 Å². The van der Waals surface area contributed by atoms with Crippen molar-refractivity contribution in [1.29, 1.82) is 0 Å². The summed E-state index contributed by atoms with van der Waals surface area (Å²) in [6.07, 6.45) is -0.285. The molecule has 1 atom stereocenters. The topological polar surface area (TPSA) is 93.9 Å². The van der Waals surface area contributed by atoms with Crippen molar-refractivity contribution in [2.45, 2.75) is 12.5 Å². The molecule has 2 amide bonds. The number of hydrogen-bond donors (Lipinski definition) is 2. The Morgan fingerprint density at radius 2 is 1.96 bits per heavy atom. The highest BCUT2D eigenvalue weighted by molar-refractivity contribution is 5.84. The van der Waals surface area contributed by atoms with Gasteiger partial charge in [-0.2, -0.15) is 0 Å². The van der Waals surface area contributed by atoms with Gasteiger partial charge in [-0.25, -0.2) is 4.79 Å². The number of carbonyl (C=O) groups excluding carboxylic acids is 2. The van der Waals surface area contributed by atoms with E-state index in [0.29, 0.717) is 26.2 Å². The van der Waals surface area contributed by atoms with Crippen molar-refractivity contribution in [3.63, 3.8) is 0 Å². The smallest absolute Gasteiger partial charge is 0.407 e. The summed E-state index contributed by atoms with van der Waals surface area (Å²) in [5.41, 5.74) is 6.27. The van der Waals surface area contributed by atoms with E-state index in [-0.39, 0.29) is 6.61 Å². The van der Waals surface area contributed by atoms with E-state index in [0.717, 1.165) is 18.7 Å². The first-order chi connectivity index (χ1) is 11.1. The van der Waals surface area contributed by atoms with E-state index < -0.39 is 18.0 Å². The van der Waals surface area contributed by atoms with Crippen molar-refractivity contribution < 1.29 is 19.1 Å². The minimum absolute atomic E-state index is 0.267. The maximum Gasteiger partial charge on any atom is 0.407 e. The van der Waals surface area contributed by atoms with E-state index in [9.17, 15) is 9.59 Å². The third kappa shape index (κ3) is 6.25. The molecular weight excluding hydrogens is 298 g/mol. The van der Waals surface area contributed by atoms with Gasteiger partial charge in [-0.1, -0.05) is 30.3 Å². The highest BCUT2D eigenvalue weighted by Gasteiger charge is 2.19. The zero-order valence-corrected chi connectivity index (χ0v) is 13.1. The fourth-order valence-corrected chi connectivity index (χ4v) is 2.35. The van der Waals surface area contributed by atoms with Gasteiger partial charge in [0.05, 0.1) is 13.2 Å². The van der Waals surface area contributed by atoms with Crippen LogP contribution in [0.5, 0.6) is 0 Å². The highest BCUT2D eigenvalue weighted by Crippen LogP contribution is 2.03. The van der Waals surface area contributed by atoms with E-state index in [1.165, 1.54) is 0 Å². The van der Waals surface area contributed by atoms with Crippen molar-refractivity contribution in [3.05, 3.63) is 35.9 Å². The van der Waals surface area contributed by atoms with Gasteiger partial charge in [0.2, 0.25) is 5.91 Å². The van der Waals surface area contributed by atoms with Crippen molar-refractivity contribution in [2.75, 3.05) is 39.5 Å². The molecule has 0 aliphatic carbocycles. The number of rotatable bonds is 7. The number of nitrogens with zero attached hydrogens (tertiary/aromatic N) is 1. The number of alkyl carbamates (subject to hydrolysis) is 1. The molecule has 7 nitrogen and oxygen atoms in total. The number of hydrogen-bond acceptors (Lipinski definition) is 5. The largest absolute Gasteiger partial charge is 0.448 e. The summed E-state index contributed by atoms with van der Waals surface area (Å²) in [4.78, 5) is 25.5. The third-order valence-electron chi connectivity index (χ3n) is 3.66. The third-order valence-corrected chi connectivity index (χ3v) is 3.66. The van der Waals surface area contributed by atoms with E-state index in [1.54, 1.807) is 0 Å². The summed E-state index contributed by atoms with van der Waals surface area (Å²) in [5, 5.41) is 2.52. The van der Waals surface area contributed by atoms with Gasteiger partial charge in [0.15, 0.2) is 0 Å². The highest BCUT2D eigenvalue weighted by atomic mass is 16.5. The van der Waals surface area contributed by atoms with Crippen molar-refractivity contribution >= 4 is 12.0 Å². The second-order valence-electron chi connectivity index (χ2n) is 5.38. The molecule has 0 radical (unpaired) electrons. The lowest BCUT2D eigenvalue weighted by Crippen LogP contribution is -2.46. The number of benzene rings is 1. The molecule has 3 N–H and O–H groups in total. The first-order valence-electron chi connectivity index (χ1n) is 7.72. The Bertz CT molecular complexity index is 503. The van der Waals surface area contributed by atoms with Crippen LogP contribution in [0.3, 0.4) is 0 Å². The average molecular weight is 321 g/mol. The monoisotopic (exact) mass is 321 g/mol. The number of ether oxygens (including phenoxy) is 2. The van der Waals surface area contributed by atoms with E-state index >= 15 is 0 Å². The lowest BCUT2D eigenvalue weighted by Gasteiger charge is -2.26. The SMILES string of the molecule is NC(=O)[C@@H](Cc1ccccc1)NC(=O)OCCN1CCOCC1. The van der Waals surface area contributed by atoms with Crippen molar-refractivity contribution in [3.8, 4) is 0 Å². The molecular formula is C16H23N3O4. The van der Waals surface area contributed by atoms with Crippen molar-refractivity contribution in [2.24, 2.45) is 5.73 Å². The lowest BCUT2D eigenvalue weighted by atomic mass is 10.1. The minimum atomic E-state index is -0.784. The van der Waals surface area contributed by atoms with Gasteiger partial charge < -0.3 is 20.5 Å². The number of morpholine rings is 1. The molecule has 2 rings (SSSR count). The summed E-state index contributed by atoms with van der Waals surface area (Å²) in [6, 6.07) is 8.59. The summed E-state index contributed by atoms with van der Waals surface area (Å²) in [5.74, 6) is -0.584. The van der Waals surface area contributed by atoms with Crippen LogP contribution < -0.4 is 11.1 Å². The van der Waals surface area contributed by atoms with Crippen LogP contribution in [0.15, 0.2) is 30.3 Å². The Labute approximate surface area is 135 Å². The molecule has 0 bridgehead atoms. The second-order valence-corrected chi connectivity index (χ2v) is 5.38. The molecule has 0 saturated carbocycles. The zero-order valence-electron chi connectivity index (χ0n) is 13.1. The fourth-order valence-electron chi connectivity index (χ4n) is 2.35. The number of amides is 2. The van der Waals surface area contributed by atoms with Crippen LogP contribution in [0.4, 0.5) is 4.79 Å². The zero-order chi connectivity index (χ0) is 16.5.